The van der Waals surface area contributed by atoms with Gasteiger partial charge in [0.25, 0.3) is 0 Å². The van der Waals surface area contributed by atoms with Gasteiger partial charge in [-0.3, -0.25) is 0 Å². The highest BCUT2D eigenvalue weighted by Crippen LogP contribution is 2.02. The number of piperazine rings is 1. The molecule has 0 amide bonds. The van der Waals surface area contributed by atoms with Crippen molar-refractivity contribution in [3.63, 3.8) is 0 Å². The van der Waals surface area contributed by atoms with E-state index < -0.39 is 0 Å². The molecule has 1 aliphatic rings. The number of rotatable bonds is 11. The van der Waals surface area contributed by atoms with Gasteiger partial charge in [0, 0.05) is 39.4 Å². The van der Waals surface area contributed by atoms with E-state index in [4.69, 9.17) is 4.74 Å². The second-order valence-electron chi connectivity index (χ2n) is 5.25. The molecule has 1 rings (SSSR count). The fourth-order valence-corrected chi connectivity index (χ4v) is 2.32. The van der Waals surface area contributed by atoms with Gasteiger partial charge in [-0.25, -0.2) is 5.32 Å². The summed E-state index contributed by atoms with van der Waals surface area (Å²) in [7, 11) is 0. The van der Waals surface area contributed by atoms with Crippen LogP contribution in [0.25, 0.3) is 0 Å². The van der Waals surface area contributed by atoms with Crippen molar-refractivity contribution in [1.82, 2.24) is 10.2 Å². The van der Waals surface area contributed by atoms with Gasteiger partial charge in [-0.15, -0.1) is 0 Å². The number of unbranched alkanes of at least 4 members (excludes halogenated alkanes) is 5. The monoisotopic (exact) mass is 255 g/mol. The summed E-state index contributed by atoms with van der Waals surface area (Å²) in [5.41, 5.74) is 0. The maximum Gasteiger partial charge on any atom is 0.0466 e. The quantitative estimate of drug-likeness (QED) is 0.531. The first-order chi connectivity index (χ1) is 8.93. The van der Waals surface area contributed by atoms with Crippen molar-refractivity contribution in [3.8, 4) is 0 Å². The Morgan fingerprint density at radius 3 is 2.22 bits per heavy atom. The molecule has 3 heteroatoms. The Morgan fingerprint density at radius 1 is 0.889 bits per heavy atom. The zero-order chi connectivity index (χ0) is 12.9. The molecule has 0 aromatic heterocycles. The normalized spacial score (nSPS) is 17.2. The van der Waals surface area contributed by atoms with Crippen LogP contribution in [0.5, 0.6) is 0 Å². The first kappa shape index (κ1) is 15.9. The molecule has 0 aromatic rings. The maximum absolute atomic E-state index is 5.64. The molecule has 1 radical (unpaired) electrons. The van der Waals surface area contributed by atoms with E-state index in [0.29, 0.717) is 0 Å². The third kappa shape index (κ3) is 8.90. The molecule has 0 spiro atoms. The molecule has 0 aliphatic carbocycles. The van der Waals surface area contributed by atoms with Crippen molar-refractivity contribution in [2.24, 2.45) is 0 Å². The highest BCUT2D eigenvalue weighted by atomic mass is 16.5. The molecule has 3 nitrogen and oxygen atoms in total. The molecular formula is C15H31N2O. The Morgan fingerprint density at radius 2 is 1.56 bits per heavy atom. The lowest BCUT2D eigenvalue weighted by Crippen LogP contribution is -2.40. The average Bonchev–Trinajstić information content (AvgIpc) is 2.42. The van der Waals surface area contributed by atoms with Crippen LogP contribution >= 0.6 is 0 Å². The van der Waals surface area contributed by atoms with E-state index in [1.807, 2.05) is 0 Å². The van der Waals surface area contributed by atoms with Crippen molar-refractivity contribution in [3.05, 3.63) is 0 Å². The zero-order valence-electron chi connectivity index (χ0n) is 12.2. The summed E-state index contributed by atoms with van der Waals surface area (Å²) >= 11 is 0. The Hall–Kier alpha value is -0.120. The van der Waals surface area contributed by atoms with Crippen LogP contribution in [0.4, 0.5) is 0 Å². The van der Waals surface area contributed by atoms with Crippen molar-refractivity contribution in [2.75, 3.05) is 45.9 Å². The van der Waals surface area contributed by atoms with Crippen LogP contribution in [0.1, 0.15) is 51.9 Å². The molecule has 1 heterocycles. The summed E-state index contributed by atoms with van der Waals surface area (Å²) in [4.78, 5) is 2.54. The van der Waals surface area contributed by atoms with Crippen LogP contribution in [0.2, 0.25) is 0 Å². The summed E-state index contributed by atoms with van der Waals surface area (Å²) in [5, 5.41) is 4.36. The standard InChI is InChI=1S/C15H31N2O/c1-2-3-4-7-14-18-15-8-5-6-11-17-12-9-16-10-13-17/h2-15H2,1H3. The summed E-state index contributed by atoms with van der Waals surface area (Å²) in [6.07, 6.45) is 9.09. The largest absolute Gasteiger partial charge is 0.381 e. The predicted octanol–water partition coefficient (Wildman–Crippen LogP) is 2.67. The van der Waals surface area contributed by atoms with Gasteiger partial charge in [-0.1, -0.05) is 26.2 Å². The fraction of sp³-hybridized carbons (Fsp3) is 1.00. The van der Waals surface area contributed by atoms with Crippen LogP contribution in [-0.4, -0.2) is 50.8 Å². The Labute approximate surface area is 113 Å². The van der Waals surface area contributed by atoms with Crippen molar-refractivity contribution in [2.45, 2.75) is 51.9 Å². The Kier molecular flexibility index (Phi) is 10.6. The van der Waals surface area contributed by atoms with E-state index in [-0.39, 0.29) is 0 Å². The van der Waals surface area contributed by atoms with Gasteiger partial charge in [0.1, 0.15) is 0 Å². The molecule has 0 N–H and O–H groups in total. The number of hydrogen-bond donors (Lipinski definition) is 0. The van der Waals surface area contributed by atoms with Gasteiger partial charge in [0.2, 0.25) is 0 Å². The molecule has 1 fully saturated rings. The molecule has 0 unspecified atom stereocenters. The topological polar surface area (TPSA) is 26.6 Å². The van der Waals surface area contributed by atoms with Gasteiger partial charge in [-0.2, -0.15) is 0 Å². The lowest BCUT2D eigenvalue weighted by molar-refractivity contribution is 0.124. The van der Waals surface area contributed by atoms with Crippen LogP contribution in [0, 0.1) is 0 Å². The summed E-state index contributed by atoms with van der Waals surface area (Å²) in [5.74, 6) is 0. The minimum Gasteiger partial charge on any atom is -0.381 e. The summed E-state index contributed by atoms with van der Waals surface area (Å²) in [6, 6.07) is 0. The van der Waals surface area contributed by atoms with Crippen molar-refractivity contribution < 1.29 is 4.74 Å². The molecule has 0 saturated carbocycles. The highest BCUT2D eigenvalue weighted by Gasteiger charge is 2.08. The average molecular weight is 255 g/mol. The molecule has 0 aromatic carbocycles. The molecular weight excluding hydrogens is 224 g/mol. The highest BCUT2D eigenvalue weighted by molar-refractivity contribution is 4.66. The van der Waals surface area contributed by atoms with Crippen molar-refractivity contribution in [1.29, 1.82) is 0 Å². The van der Waals surface area contributed by atoms with E-state index >= 15 is 0 Å². The Balaban J connectivity index is 1.73. The molecule has 0 atom stereocenters. The molecule has 1 aliphatic heterocycles. The van der Waals surface area contributed by atoms with E-state index in [0.717, 1.165) is 26.3 Å². The smallest absolute Gasteiger partial charge is 0.0466 e. The minimum absolute atomic E-state index is 0.960. The van der Waals surface area contributed by atoms with Gasteiger partial charge >= 0.3 is 0 Å². The second kappa shape index (κ2) is 11.9. The minimum atomic E-state index is 0.960. The summed E-state index contributed by atoms with van der Waals surface area (Å²) in [6.45, 7) is 9.86. The predicted molar refractivity (Wildman–Crippen MR) is 77.1 cm³/mol. The van der Waals surface area contributed by atoms with Gasteiger partial charge < -0.3 is 9.64 Å². The van der Waals surface area contributed by atoms with Crippen LogP contribution < -0.4 is 5.32 Å². The first-order valence-corrected chi connectivity index (χ1v) is 7.87. The van der Waals surface area contributed by atoms with Crippen molar-refractivity contribution >= 4 is 0 Å². The SMILES string of the molecule is CCCCCCOCCCCCN1CC[N]CC1. The molecule has 18 heavy (non-hydrogen) atoms. The lowest BCUT2D eigenvalue weighted by Gasteiger charge is -2.26. The van der Waals surface area contributed by atoms with Gasteiger partial charge in [0.15, 0.2) is 0 Å². The molecule has 0 bridgehead atoms. The van der Waals surface area contributed by atoms with Gasteiger partial charge in [-0.05, 0) is 32.2 Å². The van der Waals surface area contributed by atoms with Gasteiger partial charge in [0.05, 0.1) is 0 Å². The van der Waals surface area contributed by atoms with E-state index in [1.54, 1.807) is 0 Å². The van der Waals surface area contributed by atoms with Crippen LogP contribution in [-0.2, 0) is 4.74 Å². The fourth-order valence-electron chi connectivity index (χ4n) is 2.32. The first-order valence-electron chi connectivity index (χ1n) is 7.87. The molecule has 107 valence electrons. The lowest BCUT2D eigenvalue weighted by atomic mass is 10.2. The Bertz CT molecular complexity index is 170. The van der Waals surface area contributed by atoms with E-state index in [1.165, 1.54) is 64.6 Å². The number of hydrogen-bond acceptors (Lipinski definition) is 2. The third-order valence-corrected chi connectivity index (χ3v) is 3.55. The third-order valence-electron chi connectivity index (χ3n) is 3.55. The number of ether oxygens (including phenoxy) is 1. The summed E-state index contributed by atoms with van der Waals surface area (Å²) < 4.78 is 5.64. The van der Waals surface area contributed by atoms with Crippen LogP contribution in [0.3, 0.4) is 0 Å². The number of nitrogens with zero attached hydrogens (tertiary/aromatic N) is 2. The van der Waals surface area contributed by atoms with Crippen LogP contribution in [0.15, 0.2) is 0 Å². The van der Waals surface area contributed by atoms with E-state index in [2.05, 4.69) is 17.1 Å². The second-order valence-corrected chi connectivity index (χ2v) is 5.25. The molecule has 1 saturated heterocycles. The maximum atomic E-state index is 5.64. The van der Waals surface area contributed by atoms with E-state index in [9.17, 15) is 0 Å². The zero-order valence-corrected chi connectivity index (χ0v) is 12.2.